The molecule has 0 aliphatic heterocycles. The number of benzene rings is 1. The fraction of sp³-hybridized carbons (Fsp3) is 0.831. The van der Waals surface area contributed by atoms with Gasteiger partial charge in [0.2, 0.25) is 11.9 Å². The number of amides is 2. The molecule has 95 heavy (non-hydrogen) atoms. The molecular weight excluding hydrogens is 1210 g/mol. The summed E-state index contributed by atoms with van der Waals surface area (Å²) in [6.45, 7) is 31.9. The molecule has 0 aliphatic rings. The minimum absolute atomic E-state index is 0.188. The highest BCUT2D eigenvalue weighted by atomic mass is 31.2. The van der Waals surface area contributed by atoms with Gasteiger partial charge < -0.3 is 52.1 Å². The van der Waals surface area contributed by atoms with Crippen molar-refractivity contribution >= 4 is 42.3 Å². The lowest BCUT2D eigenvalue weighted by Gasteiger charge is -2.21. The van der Waals surface area contributed by atoms with E-state index >= 15 is 0 Å². The summed E-state index contributed by atoms with van der Waals surface area (Å²) in [6, 6.07) is 6.32. The van der Waals surface area contributed by atoms with E-state index < -0.39 is 13.6 Å². The van der Waals surface area contributed by atoms with Gasteiger partial charge >= 0.3 is 13.3 Å². The van der Waals surface area contributed by atoms with E-state index in [1.165, 1.54) is 133 Å². The number of nitrogen functional groups attached to an aromatic ring is 1. The Morgan fingerprint density at radius 1 is 0.537 bits per heavy atom. The van der Waals surface area contributed by atoms with Crippen molar-refractivity contribution in [2.45, 2.75) is 301 Å². The lowest BCUT2D eigenvalue weighted by atomic mass is 9.91. The van der Waals surface area contributed by atoms with Crippen LogP contribution in [0.25, 0.3) is 11.2 Å². The number of nitrogens with zero attached hydrogens (tertiary/aromatic N) is 3. The average molecular weight is 1350 g/mol. The van der Waals surface area contributed by atoms with Gasteiger partial charge in [0, 0.05) is 18.7 Å². The summed E-state index contributed by atoms with van der Waals surface area (Å²) in [5.74, 6) is 5.75. The number of fused-ring (bicyclic) bond motifs is 1. The molecule has 0 spiro atoms. The van der Waals surface area contributed by atoms with Crippen LogP contribution in [0.5, 0.6) is 0 Å². The predicted octanol–water partition coefficient (Wildman–Crippen LogP) is 17.8. The quantitative estimate of drug-likeness (QED) is 0.0194. The molecule has 3 rings (SSSR count). The molecule has 2 amide bonds. The Balaban J connectivity index is 1.55. The van der Waals surface area contributed by atoms with Gasteiger partial charge in [-0.05, 0) is 162 Å². The molecule has 17 nitrogen and oxygen atoms in total. The molecule has 0 radical (unpaired) electrons. The van der Waals surface area contributed by atoms with Crippen molar-refractivity contribution in [3.63, 3.8) is 0 Å². The molecule has 2 aromatic heterocycles. The molecule has 0 saturated heterocycles. The Bertz CT molecular complexity index is 2470. The van der Waals surface area contributed by atoms with Gasteiger partial charge in [-0.1, -0.05) is 236 Å². The van der Waals surface area contributed by atoms with Crippen molar-refractivity contribution in [1.29, 1.82) is 0 Å². The fourth-order valence-corrected chi connectivity index (χ4v) is 14.5. The number of nitrogens with two attached hydrogens (primary N) is 2. The van der Waals surface area contributed by atoms with E-state index in [1.54, 1.807) is 12.1 Å². The van der Waals surface area contributed by atoms with Crippen molar-refractivity contribution < 1.29 is 23.2 Å². The second-order valence-corrected chi connectivity index (χ2v) is 32.3. The number of imidazole rings is 1. The highest BCUT2D eigenvalue weighted by Gasteiger charge is 2.26. The molecule has 1 aromatic carbocycles. The minimum atomic E-state index is -3.32. The first kappa shape index (κ1) is 85.4. The Morgan fingerprint density at radius 2 is 1.00 bits per heavy atom. The van der Waals surface area contributed by atoms with Crippen LogP contribution in [0, 0.1) is 47.3 Å². The maximum Gasteiger partial charge on any atom is 0.330 e. The highest BCUT2D eigenvalue weighted by molar-refractivity contribution is 7.53. The third-order valence-electron chi connectivity index (χ3n) is 19.5. The van der Waals surface area contributed by atoms with Crippen LogP contribution < -0.4 is 43.7 Å². The van der Waals surface area contributed by atoms with Gasteiger partial charge in [0.15, 0.2) is 11.5 Å². The van der Waals surface area contributed by atoms with Crippen molar-refractivity contribution in [2.24, 2.45) is 53.1 Å². The maximum atomic E-state index is 14.5. The zero-order valence-corrected chi connectivity index (χ0v) is 63.4. The van der Waals surface area contributed by atoms with E-state index in [0.717, 1.165) is 125 Å². The summed E-state index contributed by atoms with van der Waals surface area (Å²) in [6.07, 6.45) is 38.0. The van der Waals surface area contributed by atoms with Crippen LogP contribution >= 0.6 is 7.60 Å². The zero-order chi connectivity index (χ0) is 69.5. The van der Waals surface area contributed by atoms with Crippen molar-refractivity contribution in [3.05, 3.63) is 45.9 Å². The lowest BCUT2D eigenvalue weighted by molar-refractivity contribution is -0.123. The molecule has 3 aromatic rings. The van der Waals surface area contributed by atoms with Crippen molar-refractivity contribution in [1.82, 2.24) is 40.8 Å². The third kappa shape index (κ3) is 40.7. The molecular formula is C77H144N11O6P. The summed E-state index contributed by atoms with van der Waals surface area (Å²) in [5, 5.41) is 16.4. The number of nitrogens with one attached hydrogen (secondary N) is 6. The number of carbonyl (C=O) groups is 2. The SMILES string of the molecule is CCCCNc1nc(N)c2[nH]c(=O)n(Cc3ccc(C(=O)N[C@@H](CCCCNCCCP(=O)(OCCC(C)CCCC(C)CCCC(C)CCCC(C)C)OCCC(C)CCCC(C)CCCC(C)CCCC(C)C)C(=O)NCCCNCCCCCCCCN)cc3)c2n1. The largest absolute Gasteiger partial charge is 0.382 e. The van der Waals surface area contributed by atoms with Crippen LogP contribution in [-0.4, -0.2) is 103 Å². The number of aromatic amines is 1. The van der Waals surface area contributed by atoms with E-state index in [4.69, 9.17) is 20.5 Å². The fourth-order valence-electron chi connectivity index (χ4n) is 12.8. The normalized spacial score (nSPS) is 14.8. The van der Waals surface area contributed by atoms with E-state index in [-0.39, 0.29) is 29.9 Å². The summed E-state index contributed by atoms with van der Waals surface area (Å²) >= 11 is 0. The summed E-state index contributed by atoms with van der Waals surface area (Å²) in [5.41, 5.74) is 13.5. The van der Waals surface area contributed by atoms with Gasteiger partial charge in [-0.25, -0.2) is 4.79 Å². The summed E-state index contributed by atoms with van der Waals surface area (Å²) in [7, 11) is -3.32. The van der Waals surface area contributed by atoms with Gasteiger partial charge in [-0.2, -0.15) is 9.97 Å². The Labute approximate surface area is 579 Å². The molecule has 7 atom stereocenters. The van der Waals surface area contributed by atoms with Crippen LogP contribution in [0.4, 0.5) is 11.8 Å². The molecule has 0 bridgehead atoms. The van der Waals surface area contributed by atoms with E-state index in [9.17, 15) is 18.9 Å². The monoisotopic (exact) mass is 1350 g/mol. The van der Waals surface area contributed by atoms with Crippen molar-refractivity contribution in [3.8, 4) is 0 Å². The number of anilines is 2. The highest BCUT2D eigenvalue weighted by Crippen LogP contribution is 2.49. The molecule has 2 heterocycles. The predicted molar refractivity (Wildman–Crippen MR) is 403 cm³/mol. The van der Waals surface area contributed by atoms with Crippen LogP contribution in [-0.2, 0) is 25.0 Å². The van der Waals surface area contributed by atoms with Gasteiger partial charge in [-0.15, -0.1) is 0 Å². The van der Waals surface area contributed by atoms with Gasteiger partial charge in [0.25, 0.3) is 5.91 Å². The third-order valence-corrected chi connectivity index (χ3v) is 21.5. The average Bonchev–Trinajstić information content (AvgIpc) is 1.65. The Hall–Kier alpha value is -3.86. The first-order valence-electron chi connectivity index (χ1n) is 38.9. The first-order valence-corrected chi connectivity index (χ1v) is 40.6. The summed E-state index contributed by atoms with van der Waals surface area (Å²) in [4.78, 5) is 52.6. The zero-order valence-electron chi connectivity index (χ0n) is 62.5. The molecule has 0 fully saturated rings. The first-order chi connectivity index (χ1) is 45.7. The maximum absolute atomic E-state index is 14.5. The molecule has 6 unspecified atom stereocenters. The van der Waals surface area contributed by atoms with Gasteiger partial charge in [0.05, 0.1) is 25.9 Å². The molecule has 18 heteroatoms. The smallest absolute Gasteiger partial charge is 0.330 e. The van der Waals surface area contributed by atoms with E-state index in [0.29, 0.717) is 99.3 Å². The van der Waals surface area contributed by atoms with Crippen LogP contribution in [0.3, 0.4) is 0 Å². The second kappa shape index (κ2) is 52.2. The summed E-state index contributed by atoms with van der Waals surface area (Å²) < 4.78 is 28.7. The minimum Gasteiger partial charge on any atom is -0.382 e. The van der Waals surface area contributed by atoms with Crippen LogP contribution in [0.15, 0.2) is 29.1 Å². The van der Waals surface area contributed by atoms with Gasteiger partial charge in [0.1, 0.15) is 11.6 Å². The number of carbonyl (C=O) groups excluding carboxylic acids is 2. The van der Waals surface area contributed by atoms with Crippen molar-refractivity contribution in [2.75, 3.05) is 76.2 Å². The Morgan fingerprint density at radius 3 is 1.51 bits per heavy atom. The second-order valence-electron chi connectivity index (χ2n) is 30.1. The molecule has 0 saturated carbocycles. The molecule has 0 aliphatic carbocycles. The number of hydrogen-bond acceptors (Lipinski definition) is 13. The Kier molecular flexibility index (Phi) is 46.9. The van der Waals surface area contributed by atoms with Crippen LogP contribution in [0.2, 0.25) is 0 Å². The topological polar surface area (TPSA) is 245 Å². The standard InChI is InChI=1S/C77H144N11O6P/c1-12-13-54-83-76-86-72(79)71-73(87-76)88(77(91)85-71)59-68-43-45-69(46-44-68)74(89)84-70(75(90)82-55-28-52-80-50-20-17-15-14-16-19-49-78)42-18-21-51-81-53-29-58-95(92,93-56-47-66(10)40-26-38-64(8)36-24-34-62(6)32-22-30-60(2)3)94-57-48-67(11)41-27-39-65(9)37-25-35-63(7)33-23-31-61(4)5/h43-46,60-67,70,80-81H,12-42,47-59,78H2,1-11H3,(H,82,90)(H,84,89)(H,85,91)(H3,79,83,86,87)/t62?,63?,64?,65?,66?,67?,70-,95?/m0/s1. The number of unbranched alkanes of at least 4 members (excludes halogenated alkanes) is 7. The van der Waals surface area contributed by atoms with E-state index in [1.807, 2.05) is 12.1 Å². The lowest BCUT2D eigenvalue weighted by Crippen LogP contribution is -2.47. The number of aromatic nitrogens is 4. The molecule has 548 valence electrons. The van der Waals surface area contributed by atoms with Gasteiger partial charge in [-0.3, -0.25) is 18.7 Å². The number of H-pyrrole nitrogens is 1. The number of hydrogen-bond donors (Lipinski definition) is 8. The molecule has 10 N–H and O–H groups in total. The van der Waals surface area contributed by atoms with Crippen LogP contribution in [0.1, 0.15) is 304 Å². The van der Waals surface area contributed by atoms with E-state index in [2.05, 4.69) is 118 Å². The number of rotatable bonds is 62.